The van der Waals surface area contributed by atoms with E-state index < -0.39 is 34.5 Å². The number of fused-ring (bicyclic) bond motifs is 2. The second-order valence-corrected chi connectivity index (χ2v) is 7.38. The quantitative estimate of drug-likeness (QED) is 0.837. The molecular formula is C22H17N5O3. The molecular weight excluding hydrogens is 382 g/mol. The van der Waals surface area contributed by atoms with E-state index in [1.54, 1.807) is 43.3 Å². The fraction of sp³-hybridized carbons (Fsp3) is 0.318. The molecule has 2 aromatic rings. The number of nitriles is 3. The average Bonchev–Trinajstić information content (AvgIpc) is 2.97. The molecule has 2 aliphatic heterocycles. The molecule has 3 heterocycles. The van der Waals surface area contributed by atoms with Crippen molar-refractivity contribution in [2.45, 2.75) is 24.7 Å². The molecule has 0 aliphatic carbocycles. The van der Waals surface area contributed by atoms with E-state index in [9.17, 15) is 15.8 Å². The van der Waals surface area contributed by atoms with Gasteiger partial charge in [0.15, 0.2) is 5.41 Å². The molecule has 30 heavy (non-hydrogen) atoms. The minimum absolute atomic E-state index is 0.451. The smallest absolute Gasteiger partial charge is 0.218 e. The van der Waals surface area contributed by atoms with Gasteiger partial charge in [0.25, 0.3) is 0 Å². The number of nitrogens with one attached hydrogen (secondary N) is 1. The number of rotatable bonds is 3. The highest BCUT2D eigenvalue weighted by Crippen LogP contribution is 2.69. The van der Waals surface area contributed by atoms with Crippen molar-refractivity contribution < 1.29 is 14.2 Å². The Labute approximate surface area is 173 Å². The van der Waals surface area contributed by atoms with Crippen molar-refractivity contribution in [1.29, 1.82) is 21.2 Å². The van der Waals surface area contributed by atoms with Crippen LogP contribution >= 0.6 is 0 Å². The number of nitrogens with zero attached hydrogens (tertiary/aromatic N) is 4. The Morgan fingerprint density at radius 1 is 1.00 bits per heavy atom. The van der Waals surface area contributed by atoms with Crippen LogP contribution in [0.4, 0.5) is 0 Å². The first-order chi connectivity index (χ1) is 14.4. The van der Waals surface area contributed by atoms with Gasteiger partial charge in [-0.25, -0.2) is 0 Å². The normalized spacial score (nSPS) is 31.0. The maximum Gasteiger partial charge on any atom is 0.218 e. The van der Waals surface area contributed by atoms with Gasteiger partial charge in [0.1, 0.15) is 11.9 Å². The molecule has 148 valence electrons. The first-order valence-electron chi connectivity index (χ1n) is 9.16. The van der Waals surface area contributed by atoms with Crippen molar-refractivity contribution >= 4 is 5.90 Å². The lowest BCUT2D eigenvalue weighted by molar-refractivity contribution is -0.253. The Bertz CT molecular complexity index is 1110. The molecule has 4 atom stereocenters. The minimum Gasteiger partial charge on any atom is -0.497 e. The third-order valence-corrected chi connectivity index (χ3v) is 5.97. The summed E-state index contributed by atoms with van der Waals surface area (Å²) in [5.41, 5.74) is -2.80. The van der Waals surface area contributed by atoms with E-state index in [0.29, 0.717) is 16.9 Å². The fourth-order valence-electron chi connectivity index (χ4n) is 4.62. The molecule has 2 bridgehead atoms. The second kappa shape index (κ2) is 6.56. The predicted molar refractivity (Wildman–Crippen MR) is 103 cm³/mol. The lowest BCUT2D eigenvalue weighted by Crippen LogP contribution is -2.57. The lowest BCUT2D eigenvalue weighted by Gasteiger charge is -2.48. The van der Waals surface area contributed by atoms with E-state index in [1.807, 2.05) is 12.1 Å². The van der Waals surface area contributed by atoms with Gasteiger partial charge in [-0.3, -0.25) is 10.4 Å². The molecule has 2 saturated heterocycles. The number of aromatic nitrogens is 1. The summed E-state index contributed by atoms with van der Waals surface area (Å²) >= 11 is 0. The maximum atomic E-state index is 10.4. The Hall–Kier alpha value is -3.93. The summed E-state index contributed by atoms with van der Waals surface area (Å²) in [4.78, 5) is 3.97. The van der Waals surface area contributed by atoms with Crippen LogP contribution in [0.25, 0.3) is 0 Å². The molecule has 4 rings (SSSR count). The van der Waals surface area contributed by atoms with Crippen molar-refractivity contribution in [2.75, 3.05) is 7.11 Å². The van der Waals surface area contributed by atoms with Crippen molar-refractivity contribution in [3.63, 3.8) is 0 Å². The van der Waals surface area contributed by atoms with Crippen LogP contribution < -0.4 is 4.74 Å². The van der Waals surface area contributed by atoms with Crippen LogP contribution in [0, 0.1) is 50.2 Å². The van der Waals surface area contributed by atoms with Crippen LogP contribution in [-0.2, 0) is 9.47 Å². The van der Waals surface area contributed by atoms with E-state index >= 15 is 0 Å². The largest absolute Gasteiger partial charge is 0.497 e. The van der Waals surface area contributed by atoms with Gasteiger partial charge in [-0.2, -0.15) is 15.8 Å². The maximum absolute atomic E-state index is 10.4. The minimum atomic E-state index is -2.03. The number of hydrogen-bond donors (Lipinski definition) is 1. The Morgan fingerprint density at radius 2 is 1.63 bits per heavy atom. The van der Waals surface area contributed by atoms with E-state index in [0.717, 1.165) is 0 Å². The van der Waals surface area contributed by atoms with Crippen LogP contribution in [0.5, 0.6) is 5.75 Å². The van der Waals surface area contributed by atoms with Gasteiger partial charge in [0, 0.05) is 19.3 Å². The topological polar surface area (TPSA) is 136 Å². The molecule has 0 amide bonds. The van der Waals surface area contributed by atoms with Crippen LogP contribution in [0.1, 0.15) is 30.1 Å². The number of methoxy groups -OCH3 is 1. The molecule has 2 fully saturated rings. The number of ether oxygens (including phenoxy) is 3. The summed E-state index contributed by atoms with van der Waals surface area (Å²) in [6.45, 7) is 1.63. The fourth-order valence-corrected chi connectivity index (χ4v) is 4.62. The molecule has 2 aliphatic rings. The zero-order chi connectivity index (χ0) is 21.6. The zero-order valence-corrected chi connectivity index (χ0v) is 16.3. The highest BCUT2D eigenvalue weighted by atomic mass is 16.7. The first kappa shape index (κ1) is 19.4. The van der Waals surface area contributed by atoms with Crippen molar-refractivity contribution in [2.24, 2.45) is 10.8 Å². The van der Waals surface area contributed by atoms with Gasteiger partial charge >= 0.3 is 0 Å². The molecule has 8 nitrogen and oxygen atoms in total. The Morgan fingerprint density at radius 3 is 2.17 bits per heavy atom. The lowest BCUT2D eigenvalue weighted by atomic mass is 9.52. The van der Waals surface area contributed by atoms with Gasteiger partial charge in [0.05, 0.1) is 31.2 Å². The summed E-state index contributed by atoms with van der Waals surface area (Å²) in [6.07, 6.45) is 1.92. The van der Waals surface area contributed by atoms with Crippen LogP contribution in [-0.4, -0.2) is 23.8 Å². The molecule has 0 spiro atoms. The molecule has 0 saturated carbocycles. The molecule has 4 unspecified atom stereocenters. The molecule has 1 aromatic carbocycles. The summed E-state index contributed by atoms with van der Waals surface area (Å²) in [7, 11) is 1.54. The number of hydrogen-bond acceptors (Lipinski definition) is 8. The number of benzene rings is 1. The summed E-state index contributed by atoms with van der Waals surface area (Å²) in [6, 6.07) is 16.3. The third-order valence-electron chi connectivity index (χ3n) is 5.97. The summed E-state index contributed by atoms with van der Waals surface area (Å²) < 4.78 is 17.2. The zero-order valence-electron chi connectivity index (χ0n) is 16.3. The molecule has 8 heteroatoms. The second-order valence-electron chi connectivity index (χ2n) is 7.38. The molecule has 1 N–H and O–H groups in total. The van der Waals surface area contributed by atoms with Gasteiger partial charge < -0.3 is 14.2 Å². The highest BCUT2D eigenvalue weighted by molar-refractivity contribution is 5.90. The van der Waals surface area contributed by atoms with Crippen molar-refractivity contribution in [3.05, 3.63) is 59.9 Å². The summed E-state index contributed by atoms with van der Waals surface area (Å²) in [5.74, 6) is -2.16. The highest BCUT2D eigenvalue weighted by Gasteiger charge is 2.79. The van der Waals surface area contributed by atoms with Crippen molar-refractivity contribution in [3.8, 4) is 24.0 Å². The molecule has 0 radical (unpaired) electrons. The van der Waals surface area contributed by atoms with Gasteiger partial charge in [-0.05, 0) is 35.4 Å². The van der Waals surface area contributed by atoms with Crippen LogP contribution in [0.3, 0.4) is 0 Å². The predicted octanol–water partition coefficient (Wildman–Crippen LogP) is 3.21. The van der Waals surface area contributed by atoms with Gasteiger partial charge in [0.2, 0.25) is 17.1 Å². The van der Waals surface area contributed by atoms with Crippen molar-refractivity contribution in [1.82, 2.24) is 4.98 Å². The van der Waals surface area contributed by atoms with Crippen LogP contribution in [0.2, 0.25) is 0 Å². The van der Waals surface area contributed by atoms with Crippen LogP contribution in [0.15, 0.2) is 48.8 Å². The monoisotopic (exact) mass is 399 g/mol. The average molecular weight is 399 g/mol. The van der Waals surface area contributed by atoms with Gasteiger partial charge in [-0.1, -0.05) is 12.1 Å². The standard InChI is InChI=1S/C22H17N5O3/c1-20-17(14-3-5-16(28-2)6-4-14)22(13-25,19(26)30-20)21(11-23,12-24)18(29-20)15-7-9-27-10-8-15/h3-10,17-18,26H,1-2H3. The first-order valence-corrected chi connectivity index (χ1v) is 9.16. The SMILES string of the molecule is COc1ccc(C2C3(C)OC(=N)C2(C#N)C(C#N)(C#N)C(c2ccncc2)O3)cc1. The van der Waals surface area contributed by atoms with E-state index in [2.05, 4.69) is 11.1 Å². The van der Waals surface area contributed by atoms with Gasteiger partial charge in [-0.15, -0.1) is 0 Å². The number of pyridine rings is 1. The third kappa shape index (κ3) is 2.21. The Balaban J connectivity index is 2.00. The Kier molecular flexibility index (Phi) is 4.24. The van der Waals surface area contributed by atoms with E-state index in [-0.39, 0.29) is 0 Å². The van der Waals surface area contributed by atoms with E-state index in [4.69, 9.17) is 19.6 Å². The molecule has 1 aromatic heterocycles. The summed E-state index contributed by atoms with van der Waals surface area (Å²) in [5, 5.41) is 39.4. The van der Waals surface area contributed by atoms with E-state index in [1.165, 1.54) is 19.5 Å².